The molecule has 0 saturated carbocycles. The summed E-state index contributed by atoms with van der Waals surface area (Å²) in [6.07, 6.45) is 10.6. The highest BCUT2D eigenvalue weighted by molar-refractivity contribution is 5.98. The molecule has 1 aliphatic heterocycles. The van der Waals surface area contributed by atoms with Gasteiger partial charge in [-0.15, -0.1) is 0 Å². The van der Waals surface area contributed by atoms with Gasteiger partial charge in [0.2, 0.25) is 0 Å². The highest BCUT2D eigenvalue weighted by atomic mass is 15.2. The molecule has 1 aliphatic rings. The van der Waals surface area contributed by atoms with Gasteiger partial charge in [-0.25, -0.2) is 4.57 Å². The summed E-state index contributed by atoms with van der Waals surface area (Å²) < 4.78 is 5.24. The number of rotatable bonds is 7. The average molecular weight is 485 g/mol. The maximum atomic E-state index is 5.26. The Morgan fingerprint density at radius 2 is 1.69 bits per heavy atom. The van der Waals surface area contributed by atoms with Gasteiger partial charge in [0.05, 0.1) is 17.1 Å². The first-order valence-corrected chi connectivity index (χ1v) is 14.4. The van der Waals surface area contributed by atoms with Gasteiger partial charge in [0.25, 0.3) is 5.65 Å². The number of benzene rings is 1. The summed E-state index contributed by atoms with van der Waals surface area (Å²) in [5, 5.41) is 1.36. The van der Waals surface area contributed by atoms with Crippen molar-refractivity contribution in [1.82, 2.24) is 9.38 Å². The van der Waals surface area contributed by atoms with E-state index in [0.717, 1.165) is 31.2 Å². The number of aromatic nitrogens is 3. The fraction of sp³-hybridized carbons (Fsp3) is 0.576. The molecule has 3 nitrogen and oxygen atoms in total. The molecule has 0 saturated heterocycles. The number of nitrogens with zero attached hydrogens (tertiary/aromatic N) is 3. The molecule has 0 fully saturated rings. The van der Waals surface area contributed by atoms with E-state index in [1.165, 1.54) is 63.7 Å². The van der Waals surface area contributed by atoms with Crippen LogP contribution in [0.5, 0.6) is 0 Å². The minimum atomic E-state index is 0.00269. The lowest BCUT2D eigenvalue weighted by Crippen LogP contribution is -2.67. The van der Waals surface area contributed by atoms with E-state index in [0.29, 0.717) is 0 Å². The molecule has 1 atom stereocenters. The average Bonchev–Trinajstić information content (AvgIpc) is 3.17. The summed E-state index contributed by atoms with van der Waals surface area (Å²) in [5.74, 6) is 0. The van der Waals surface area contributed by atoms with Crippen LogP contribution in [0.4, 0.5) is 0 Å². The van der Waals surface area contributed by atoms with Crippen molar-refractivity contribution in [2.75, 3.05) is 0 Å². The number of aryl methyl sites for hydroxylation is 2. The number of imidazole rings is 1. The Kier molecular flexibility index (Phi) is 6.01. The van der Waals surface area contributed by atoms with Crippen molar-refractivity contribution in [3.8, 4) is 0 Å². The second kappa shape index (κ2) is 8.57. The highest BCUT2D eigenvalue weighted by Gasteiger charge is 2.57. The molecule has 4 heterocycles. The molecule has 192 valence electrons. The standard InChI is InChI=1S/C33H46N3/c1-10-14-15-16-23-20-26-27(19-22(23)5)36-30-29-24(32(9,11-2)33(36,12-3)13-4)21-28(31(6,7)8)34-25(29)17-18-35(26)30/h17-21H,10-16H2,1-9H3/q+1. The first-order chi connectivity index (χ1) is 17.1. The summed E-state index contributed by atoms with van der Waals surface area (Å²) in [6.45, 7) is 21.2. The molecule has 0 aliphatic carbocycles. The number of pyridine rings is 2. The van der Waals surface area contributed by atoms with Gasteiger partial charge in [-0.2, -0.15) is 4.40 Å². The smallest absolute Gasteiger partial charge is 0.252 e. The minimum Gasteiger partial charge on any atom is -0.252 e. The van der Waals surface area contributed by atoms with Crippen LogP contribution < -0.4 is 4.57 Å². The van der Waals surface area contributed by atoms with E-state index in [2.05, 4.69) is 102 Å². The van der Waals surface area contributed by atoms with Crippen LogP contribution in [-0.4, -0.2) is 9.38 Å². The van der Waals surface area contributed by atoms with Gasteiger partial charge < -0.3 is 0 Å². The summed E-state index contributed by atoms with van der Waals surface area (Å²) in [4.78, 5) is 5.26. The van der Waals surface area contributed by atoms with Crippen LogP contribution in [0, 0.1) is 6.92 Å². The zero-order valence-corrected chi connectivity index (χ0v) is 24.2. The van der Waals surface area contributed by atoms with Gasteiger partial charge >= 0.3 is 0 Å². The number of fused-ring (bicyclic) bond motifs is 3. The van der Waals surface area contributed by atoms with Crippen LogP contribution in [0.2, 0.25) is 0 Å². The molecule has 3 aromatic heterocycles. The number of hydrogen-bond acceptors (Lipinski definition) is 1. The molecule has 0 spiro atoms. The summed E-state index contributed by atoms with van der Waals surface area (Å²) in [5.41, 5.74) is 10.9. The number of unbranched alkanes of at least 4 members (excludes halogenated alkanes) is 2. The van der Waals surface area contributed by atoms with Crippen molar-refractivity contribution in [2.45, 2.75) is 124 Å². The second-order valence-corrected chi connectivity index (χ2v) is 12.6. The Hall–Kier alpha value is -2.42. The molecule has 36 heavy (non-hydrogen) atoms. The lowest BCUT2D eigenvalue weighted by molar-refractivity contribution is -0.733. The predicted octanol–water partition coefficient (Wildman–Crippen LogP) is 8.46. The topological polar surface area (TPSA) is 21.2 Å². The Balaban J connectivity index is 1.98. The van der Waals surface area contributed by atoms with Crippen molar-refractivity contribution in [2.24, 2.45) is 0 Å². The van der Waals surface area contributed by atoms with Crippen LogP contribution in [-0.2, 0) is 22.8 Å². The lowest BCUT2D eigenvalue weighted by atomic mass is 9.60. The van der Waals surface area contributed by atoms with Gasteiger partial charge in [0.1, 0.15) is 5.54 Å². The Morgan fingerprint density at radius 1 is 0.972 bits per heavy atom. The van der Waals surface area contributed by atoms with E-state index in [4.69, 9.17) is 4.98 Å². The van der Waals surface area contributed by atoms with E-state index in [1.54, 1.807) is 0 Å². The van der Waals surface area contributed by atoms with Gasteiger partial charge in [-0.05, 0) is 73.9 Å². The van der Waals surface area contributed by atoms with Gasteiger partial charge in [-0.1, -0.05) is 68.2 Å². The van der Waals surface area contributed by atoms with Gasteiger partial charge in [0.15, 0.2) is 11.0 Å². The molecule has 0 bridgehead atoms. The van der Waals surface area contributed by atoms with Crippen LogP contribution in [0.25, 0.3) is 27.6 Å². The van der Waals surface area contributed by atoms with E-state index in [1.807, 2.05) is 0 Å². The zero-order valence-electron chi connectivity index (χ0n) is 24.2. The quantitative estimate of drug-likeness (QED) is 0.190. The monoisotopic (exact) mass is 484 g/mol. The molecule has 3 heteroatoms. The Labute approximate surface area is 217 Å². The summed E-state index contributed by atoms with van der Waals surface area (Å²) in [7, 11) is 0. The van der Waals surface area contributed by atoms with Crippen LogP contribution in [0.1, 0.15) is 116 Å². The van der Waals surface area contributed by atoms with Gasteiger partial charge in [0, 0.05) is 22.6 Å². The van der Waals surface area contributed by atoms with Crippen molar-refractivity contribution >= 4 is 27.6 Å². The highest BCUT2D eigenvalue weighted by Crippen LogP contribution is 2.52. The molecule has 1 unspecified atom stereocenters. The van der Waals surface area contributed by atoms with Crippen molar-refractivity contribution in [3.63, 3.8) is 0 Å². The predicted molar refractivity (Wildman–Crippen MR) is 153 cm³/mol. The molecular formula is C33H46N3+. The Morgan fingerprint density at radius 3 is 2.31 bits per heavy atom. The van der Waals surface area contributed by atoms with Crippen LogP contribution in [0.15, 0.2) is 30.5 Å². The van der Waals surface area contributed by atoms with Crippen LogP contribution >= 0.6 is 0 Å². The zero-order chi connectivity index (χ0) is 26.0. The van der Waals surface area contributed by atoms with E-state index < -0.39 is 0 Å². The largest absolute Gasteiger partial charge is 0.297 e. The van der Waals surface area contributed by atoms with Crippen molar-refractivity contribution < 1.29 is 4.57 Å². The van der Waals surface area contributed by atoms with Gasteiger partial charge in [-0.3, -0.25) is 4.98 Å². The third-order valence-corrected chi connectivity index (χ3v) is 9.77. The maximum Gasteiger partial charge on any atom is 0.297 e. The Bertz CT molecular complexity index is 1460. The first-order valence-electron chi connectivity index (χ1n) is 14.4. The molecule has 0 N–H and O–H groups in total. The molecule has 5 rings (SSSR count). The summed E-state index contributed by atoms with van der Waals surface area (Å²) >= 11 is 0. The fourth-order valence-corrected chi connectivity index (χ4v) is 7.33. The van der Waals surface area contributed by atoms with Crippen molar-refractivity contribution in [1.29, 1.82) is 0 Å². The second-order valence-electron chi connectivity index (χ2n) is 12.6. The molecule has 0 amide bonds. The fourth-order valence-electron chi connectivity index (χ4n) is 7.33. The maximum absolute atomic E-state index is 5.26. The van der Waals surface area contributed by atoms with E-state index in [9.17, 15) is 0 Å². The minimum absolute atomic E-state index is 0.00269. The molecule has 4 aromatic rings. The van der Waals surface area contributed by atoms with E-state index in [-0.39, 0.29) is 16.4 Å². The molecule has 1 aromatic carbocycles. The SMILES string of the molecule is CCCCCc1cc2c(cc1C)[n+]1c3c4c(cc(C(C)(C)C)nc4ccn23)C(C)(CC)C1(CC)CC. The normalized spacial score (nSPS) is 19.2. The summed E-state index contributed by atoms with van der Waals surface area (Å²) in [6, 6.07) is 9.72. The van der Waals surface area contributed by atoms with Crippen LogP contribution in [0.3, 0.4) is 0 Å². The lowest BCUT2D eigenvalue weighted by Gasteiger charge is -2.48. The third kappa shape index (κ3) is 3.23. The van der Waals surface area contributed by atoms with Crippen molar-refractivity contribution in [3.05, 3.63) is 52.8 Å². The number of hydrogen-bond donors (Lipinski definition) is 0. The van der Waals surface area contributed by atoms with E-state index >= 15 is 0 Å². The third-order valence-electron chi connectivity index (χ3n) is 9.77. The first kappa shape index (κ1) is 25.2. The molecule has 0 radical (unpaired) electrons. The molecular weight excluding hydrogens is 438 g/mol.